The summed E-state index contributed by atoms with van der Waals surface area (Å²) in [5, 5.41) is 1.62. The molecule has 0 fully saturated rings. The summed E-state index contributed by atoms with van der Waals surface area (Å²) >= 11 is 0. The van der Waals surface area contributed by atoms with Gasteiger partial charge in [0, 0.05) is 18.4 Å². The van der Waals surface area contributed by atoms with E-state index in [1.54, 1.807) is 50.2 Å². The lowest BCUT2D eigenvalue weighted by Gasteiger charge is -2.18. The van der Waals surface area contributed by atoms with Crippen molar-refractivity contribution in [2.24, 2.45) is 5.73 Å². The Labute approximate surface area is 208 Å². The molecular formula is C26H28F3N3O3S. The van der Waals surface area contributed by atoms with Crippen LogP contribution in [0.1, 0.15) is 51.7 Å². The normalized spacial score (nSPS) is 13.8. The molecule has 0 spiro atoms. The van der Waals surface area contributed by atoms with Gasteiger partial charge in [-0.1, -0.05) is 48.0 Å². The Kier molecular flexibility index (Phi) is 7.90. The average Bonchev–Trinajstić information content (AvgIpc) is 2.80. The Bertz CT molecular complexity index is 1390. The number of pyridine rings is 1. The van der Waals surface area contributed by atoms with Crippen LogP contribution in [0.4, 0.5) is 13.2 Å². The molecule has 3 aromatic rings. The molecule has 1 amide bonds. The van der Waals surface area contributed by atoms with Crippen LogP contribution in [0.5, 0.6) is 0 Å². The zero-order valence-electron chi connectivity index (χ0n) is 20.3. The maximum atomic E-state index is 13.3. The number of aryl methyl sites for hydroxylation is 2. The van der Waals surface area contributed by atoms with Crippen molar-refractivity contribution in [1.29, 1.82) is 0 Å². The number of hydrogen-bond acceptors (Lipinski definition) is 5. The number of rotatable bonds is 7. The summed E-state index contributed by atoms with van der Waals surface area (Å²) in [6.45, 7) is 5.22. The number of amides is 1. The molecule has 0 aliphatic carbocycles. The lowest BCUT2D eigenvalue weighted by molar-refractivity contribution is -0.141. The first-order chi connectivity index (χ1) is 16.7. The van der Waals surface area contributed by atoms with E-state index in [4.69, 9.17) is 5.73 Å². The van der Waals surface area contributed by atoms with Crippen LogP contribution >= 0.6 is 0 Å². The number of aromatic nitrogens is 1. The number of nitrogens with two attached hydrogens (primary N) is 1. The first kappa shape index (κ1) is 27.3. The number of carbonyl (C=O) groups excluding carboxylic acids is 1. The van der Waals surface area contributed by atoms with Gasteiger partial charge in [-0.25, -0.2) is 13.4 Å². The molecule has 0 aliphatic rings. The molecule has 0 saturated heterocycles. The molecule has 0 bridgehead atoms. The summed E-state index contributed by atoms with van der Waals surface area (Å²) in [6.07, 6.45) is -3.54. The van der Waals surface area contributed by atoms with Crippen molar-refractivity contribution in [3.63, 3.8) is 0 Å². The summed E-state index contributed by atoms with van der Waals surface area (Å²) in [5.74, 6) is -0.943. The molecule has 1 heterocycles. The molecule has 2 aromatic carbocycles. The van der Waals surface area contributed by atoms with Gasteiger partial charge in [0.05, 0.1) is 11.6 Å². The summed E-state index contributed by atoms with van der Waals surface area (Å²) in [7, 11) is -3.49. The number of carbonyl (C=O) groups is 1. The lowest BCUT2D eigenvalue weighted by Crippen LogP contribution is -2.28. The highest BCUT2D eigenvalue weighted by atomic mass is 32.2. The maximum Gasteiger partial charge on any atom is 0.433 e. The van der Waals surface area contributed by atoms with Crippen LogP contribution in [0.15, 0.2) is 54.6 Å². The summed E-state index contributed by atoms with van der Waals surface area (Å²) in [6, 6.07) is 14.2. The third-order valence-electron chi connectivity index (χ3n) is 5.97. The van der Waals surface area contributed by atoms with Gasteiger partial charge in [-0.3, -0.25) is 4.79 Å². The molecule has 36 heavy (non-hydrogen) atoms. The second kappa shape index (κ2) is 10.4. The fraction of sp³-hybridized carbons (Fsp3) is 0.308. The highest BCUT2D eigenvalue weighted by Gasteiger charge is 2.33. The molecule has 3 rings (SSSR count). The zero-order valence-corrected chi connectivity index (χ0v) is 21.2. The van der Waals surface area contributed by atoms with E-state index in [0.29, 0.717) is 27.8 Å². The second-order valence-corrected chi connectivity index (χ2v) is 11.0. The monoisotopic (exact) mass is 519 g/mol. The van der Waals surface area contributed by atoms with E-state index in [-0.39, 0.29) is 18.1 Å². The number of halogens is 3. The van der Waals surface area contributed by atoms with E-state index in [1.807, 2.05) is 13.0 Å². The van der Waals surface area contributed by atoms with E-state index in [9.17, 15) is 26.4 Å². The Morgan fingerprint density at radius 3 is 2.36 bits per heavy atom. The first-order valence-electron chi connectivity index (χ1n) is 11.1. The van der Waals surface area contributed by atoms with Crippen LogP contribution in [0.3, 0.4) is 0 Å². The Hall–Kier alpha value is -3.24. The molecule has 0 saturated carbocycles. The van der Waals surface area contributed by atoms with Gasteiger partial charge in [0.2, 0.25) is 5.91 Å². The van der Waals surface area contributed by atoms with Crippen molar-refractivity contribution < 1.29 is 26.4 Å². The van der Waals surface area contributed by atoms with Gasteiger partial charge in [0.1, 0.15) is 11.1 Å². The number of benzene rings is 2. The first-order valence-corrected chi connectivity index (χ1v) is 13.1. The number of nitrogens with one attached hydrogen (secondary N) is 1. The van der Waals surface area contributed by atoms with E-state index in [1.165, 1.54) is 6.07 Å². The summed E-state index contributed by atoms with van der Waals surface area (Å²) in [5.41, 5.74) is 8.55. The van der Waals surface area contributed by atoms with Crippen molar-refractivity contribution in [1.82, 2.24) is 10.3 Å². The third kappa shape index (κ3) is 6.30. The van der Waals surface area contributed by atoms with E-state index >= 15 is 0 Å². The summed E-state index contributed by atoms with van der Waals surface area (Å²) < 4.78 is 63.5. The minimum atomic E-state index is -4.60. The number of alkyl halides is 3. The minimum Gasteiger partial charge on any atom is -0.351 e. The van der Waals surface area contributed by atoms with Gasteiger partial charge in [0.15, 0.2) is 9.84 Å². The quantitative estimate of drug-likeness (QED) is 0.467. The number of hydrogen-bond donors (Lipinski definition) is 2. The van der Waals surface area contributed by atoms with Gasteiger partial charge in [-0.2, -0.15) is 13.2 Å². The van der Waals surface area contributed by atoms with Crippen molar-refractivity contribution in [2.45, 2.75) is 44.8 Å². The fourth-order valence-electron chi connectivity index (χ4n) is 3.84. The maximum absolute atomic E-state index is 13.3. The average molecular weight is 520 g/mol. The van der Waals surface area contributed by atoms with Crippen LogP contribution in [-0.4, -0.2) is 25.6 Å². The highest BCUT2D eigenvalue weighted by Crippen LogP contribution is 2.32. The van der Waals surface area contributed by atoms with Crippen molar-refractivity contribution >= 4 is 15.7 Å². The van der Waals surface area contributed by atoms with Crippen molar-refractivity contribution in [2.75, 3.05) is 6.26 Å². The van der Waals surface area contributed by atoms with Crippen LogP contribution in [0.2, 0.25) is 0 Å². The molecule has 0 aliphatic heterocycles. The molecule has 3 N–H and O–H groups in total. The Balaban J connectivity index is 1.83. The zero-order chi connectivity index (χ0) is 26.8. The van der Waals surface area contributed by atoms with Gasteiger partial charge < -0.3 is 11.1 Å². The SMILES string of the molecule is Cc1cccc(-c2nc(C(F)(F)F)ccc2CNC(=O)C(C)c2ccc(C(N)S(C)(=O)=O)c(C)c2)c1. The van der Waals surface area contributed by atoms with Gasteiger partial charge in [0.25, 0.3) is 0 Å². The molecule has 2 atom stereocenters. The third-order valence-corrected chi connectivity index (χ3v) is 7.15. The molecule has 6 nitrogen and oxygen atoms in total. The van der Waals surface area contributed by atoms with Crippen LogP contribution in [-0.2, 0) is 27.4 Å². The Morgan fingerprint density at radius 1 is 1.08 bits per heavy atom. The second-order valence-electron chi connectivity index (χ2n) is 8.88. The molecular weight excluding hydrogens is 491 g/mol. The van der Waals surface area contributed by atoms with E-state index in [0.717, 1.165) is 17.9 Å². The summed E-state index contributed by atoms with van der Waals surface area (Å²) in [4.78, 5) is 16.8. The highest BCUT2D eigenvalue weighted by molar-refractivity contribution is 7.90. The topological polar surface area (TPSA) is 102 Å². The molecule has 10 heteroatoms. The van der Waals surface area contributed by atoms with Crippen molar-refractivity contribution in [3.05, 3.63) is 88.1 Å². The fourth-order valence-corrected chi connectivity index (χ4v) is 4.56. The largest absolute Gasteiger partial charge is 0.433 e. The van der Waals surface area contributed by atoms with E-state index < -0.39 is 33.0 Å². The predicted octanol–water partition coefficient (Wildman–Crippen LogP) is 4.81. The number of sulfone groups is 1. The standard InChI is InChI=1S/C26H28F3N3O3S/c1-15-6-5-7-19(12-15)23-20(9-11-22(32-23)26(27,28)29)14-31-25(33)17(3)18-8-10-21(16(2)13-18)24(30)36(4,34)35/h5-13,17,24H,14,30H2,1-4H3,(H,31,33). The minimum absolute atomic E-state index is 0.0202. The smallest absolute Gasteiger partial charge is 0.351 e. The van der Waals surface area contributed by atoms with Gasteiger partial charge >= 0.3 is 6.18 Å². The number of nitrogens with zero attached hydrogens (tertiary/aromatic N) is 1. The van der Waals surface area contributed by atoms with Gasteiger partial charge in [-0.15, -0.1) is 0 Å². The van der Waals surface area contributed by atoms with E-state index in [2.05, 4.69) is 10.3 Å². The Morgan fingerprint density at radius 2 is 1.78 bits per heavy atom. The predicted molar refractivity (Wildman–Crippen MR) is 133 cm³/mol. The van der Waals surface area contributed by atoms with Crippen LogP contribution < -0.4 is 11.1 Å². The van der Waals surface area contributed by atoms with Crippen LogP contribution in [0.25, 0.3) is 11.3 Å². The molecule has 192 valence electrons. The van der Waals surface area contributed by atoms with Crippen molar-refractivity contribution in [3.8, 4) is 11.3 Å². The molecule has 2 unspecified atom stereocenters. The van der Waals surface area contributed by atoms with Gasteiger partial charge in [-0.05, 0) is 55.2 Å². The van der Waals surface area contributed by atoms with Crippen LogP contribution in [0, 0.1) is 13.8 Å². The molecule has 1 aromatic heterocycles. The lowest BCUT2D eigenvalue weighted by atomic mass is 9.95. The molecule has 0 radical (unpaired) electrons.